The Balaban J connectivity index is 1.37. The number of amides is 1. The lowest BCUT2D eigenvalue weighted by molar-refractivity contribution is -0.123. The number of hydrogen-bond donors (Lipinski definition) is 2. The molecule has 2 aromatic rings. The van der Waals surface area contributed by atoms with E-state index >= 15 is 0 Å². The molecule has 1 aromatic heterocycles. The number of carbonyl (C=O) groups is 1. The number of carbonyl (C=O) groups excluding carboxylic acids is 1. The SMILES string of the molecule is O=C1NCCCN(Cc2cccnc2)CCOc2ccc(C3CC3)cc2[C@@H]2CCN[C@@H]1C2. The van der Waals surface area contributed by atoms with Crippen LogP contribution >= 0.6 is 0 Å². The van der Waals surface area contributed by atoms with Crippen LogP contribution < -0.4 is 15.4 Å². The van der Waals surface area contributed by atoms with E-state index in [-0.39, 0.29) is 11.9 Å². The van der Waals surface area contributed by atoms with Crippen molar-refractivity contribution >= 4 is 5.91 Å². The number of nitrogens with one attached hydrogen (secondary N) is 2. The van der Waals surface area contributed by atoms with E-state index in [4.69, 9.17) is 4.74 Å². The molecule has 2 fully saturated rings. The molecular formula is C26H34N4O2. The Morgan fingerprint density at radius 2 is 2.03 bits per heavy atom. The lowest BCUT2D eigenvalue weighted by Gasteiger charge is -2.32. The number of fused-ring (bicyclic) bond motifs is 4. The summed E-state index contributed by atoms with van der Waals surface area (Å²) in [4.78, 5) is 19.5. The highest BCUT2D eigenvalue weighted by Crippen LogP contribution is 2.43. The van der Waals surface area contributed by atoms with Crippen LogP contribution in [-0.4, -0.2) is 54.6 Å². The normalized spacial score (nSPS) is 25.2. The summed E-state index contributed by atoms with van der Waals surface area (Å²) in [6.07, 6.45) is 9.12. The van der Waals surface area contributed by atoms with Crippen molar-refractivity contribution in [3.8, 4) is 5.75 Å². The second-order valence-corrected chi connectivity index (χ2v) is 9.43. The van der Waals surface area contributed by atoms with Crippen LogP contribution in [0.1, 0.15) is 60.6 Å². The third-order valence-corrected chi connectivity index (χ3v) is 6.99. The molecule has 32 heavy (non-hydrogen) atoms. The average molecular weight is 435 g/mol. The number of pyridine rings is 1. The van der Waals surface area contributed by atoms with Crippen LogP contribution in [0.2, 0.25) is 0 Å². The molecule has 1 aromatic carbocycles. The molecule has 1 saturated heterocycles. The third kappa shape index (κ3) is 5.30. The first-order valence-electron chi connectivity index (χ1n) is 12.2. The van der Waals surface area contributed by atoms with Gasteiger partial charge in [-0.25, -0.2) is 0 Å². The van der Waals surface area contributed by atoms with Crippen LogP contribution in [0.5, 0.6) is 5.75 Å². The maximum absolute atomic E-state index is 12.8. The van der Waals surface area contributed by atoms with Gasteiger partial charge in [0.25, 0.3) is 0 Å². The van der Waals surface area contributed by atoms with Crippen LogP contribution in [-0.2, 0) is 11.3 Å². The monoisotopic (exact) mass is 434 g/mol. The summed E-state index contributed by atoms with van der Waals surface area (Å²) in [5.41, 5.74) is 3.93. The Morgan fingerprint density at radius 1 is 1.09 bits per heavy atom. The van der Waals surface area contributed by atoms with Crippen LogP contribution in [0.4, 0.5) is 0 Å². The predicted molar refractivity (Wildman–Crippen MR) is 125 cm³/mol. The highest BCUT2D eigenvalue weighted by molar-refractivity contribution is 5.82. The summed E-state index contributed by atoms with van der Waals surface area (Å²) in [7, 11) is 0. The summed E-state index contributed by atoms with van der Waals surface area (Å²) < 4.78 is 6.40. The molecule has 6 heteroatoms. The molecule has 0 unspecified atom stereocenters. The lowest BCUT2D eigenvalue weighted by Crippen LogP contribution is -2.48. The van der Waals surface area contributed by atoms with Gasteiger partial charge in [-0.2, -0.15) is 0 Å². The Kier molecular flexibility index (Phi) is 6.69. The third-order valence-electron chi connectivity index (χ3n) is 6.99. The first kappa shape index (κ1) is 21.4. The van der Waals surface area contributed by atoms with Crippen LogP contribution in [0.3, 0.4) is 0 Å². The fourth-order valence-electron chi connectivity index (χ4n) is 5.03. The Morgan fingerprint density at radius 3 is 2.88 bits per heavy atom. The first-order chi connectivity index (χ1) is 15.8. The molecule has 1 saturated carbocycles. The van der Waals surface area contributed by atoms with Gasteiger partial charge in [-0.15, -0.1) is 0 Å². The molecule has 2 bridgehead atoms. The van der Waals surface area contributed by atoms with Gasteiger partial charge in [0.15, 0.2) is 0 Å². The standard InChI is InChI=1S/C26H34N4O2/c31-26-24-16-22(8-11-28-24)23-15-21(20-4-5-20)6-7-25(23)32-14-13-30(12-2-10-29-26)18-19-3-1-9-27-17-19/h1,3,6-7,9,15,17,20,22,24,28H,2,4-5,8,10-14,16,18H2,(H,29,31)/t22-,24-/m1/s1. The zero-order valence-electron chi connectivity index (χ0n) is 18.8. The Labute approximate surface area is 190 Å². The van der Waals surface area contributed by atoms with Gasteiger partial charge >= 0.3 is 0 Å². The van der Waals surface area contributed by atoms with Crippen molar-refractivity contribution in [1.82, 2.24) is 20.5 Å². The van der Waals surface area contributed by atoms with E-state index in [0.717, 1.165) is 51.2 Å². The number of rotatable bonds is 3. The summed E-state index contributed by atoms with van der Waals surface area (Å²) >= 11 is 0. The number of ether oxygens (including phenoxy) is 1. The smallest absolute Gasteiger partial charge is 0.237 e. The summed E-state index contributed by atoms with van der Waals surface area (Å²) in [6.45, 7) is 4.83. The molecule has 2 N–H and O–H groups in total. The fourth-order valence-corrected chi connectivity index (χ4v) is 5.03. The highest BCUT2D eigenvalue weighted by atomic mass is 16.5. The van der Waals surface area contributed by atoms with Gasteiger partial charge in [0, 0.05) is 38.6 Å². The molecule has 2 atom stereocenters. The van der Waals surface area contributed by atoms with Crippen molar-refractivity contribution in [3.05, 3.63) is 59.4 Å². The van der Waals surface area contributed by atoms with Crippen LogP contribution in [0.15, 0.2) is 42.7 Å². The minimum absolute atomic E-state index is 0.124. The van der Waals surface area contributed by atoms with Gasteiger partial charge in [0.1, 0.15) is 12.4 Å². The van der Waals surface area contributed by atoms with Crippen molar-refractivity contribution in [2.24, 2.45) is 0 Å². The van der Waals surface area contributed by atoms with E-state index in [1.54, 1.807) is 0 Å². The first-order valence-corrected chi connectivity index (χ1v) is 12.2. The van der Waals surface area contributed by atoms with E-state index in [1.807, 2.05) is 18.5 Å². The van der Waals surface area contributed by atoms with Crippen molar-refractivity contribution in [2.75, 3.05) is 32.8 Å². The Hall–Kier alpha value is -2.44. The van der Waals surface area contributed by atoms with Gasteiger partial charge in [-0.05, 0) is 79.3 Å². The number of hydrogen-bond acceptors (Lipinski definition) is 5. The van der Waals surface area contributed by atoms with Crippen molar-refractivity contribution in [1.29, 1.82) is 0 Å². The maximum Gasteiger partial charge on any atom is 0.237 e. The van der Waals surface area contributed by atoms with Gasteiger partial charge < -0.3 is 15.4 Å². The molecule has 3 heterocycles. The number of benzene rings is 1. The van der Waals surface area contributed by atoms with E-state index < -0.39 is 0 Å². The second-order valence-electron chi connectivity index (χ2n) is 9.43. The molecule has 1 aliphatic carbocycles. The minimum atomic E-state index is -0.124. The molecule has 2 aliphatic heterocycles. The van der Waals surface area contributed by atoms with Crippen LogP contribution in [0, 0.1) is 0 Å². The number of aromatic nitrogens is 1. The molecule has 1 amide bonds. The molecule has 5 rings (SSSR count). The minimum Gasteiger partial charge on any atom is -0.492 e. The lowest BCUT2D eigenvalue weighted by atomic mass is 9.84. The van der Waals surface area contributed by atoms with Gasteiger partial charge in [0.05, 0.1) is 6.04 Å². The van der Waals surface area contributed by atoms with Gasteiger partial charge in [0.2, 0.25) is 5.91 Å². The van der Waals surface area contributed by atoms with E-state index in [2.05, 4.69) is 44.8 Å². The molecular weight excluding hydrogens is 400 g/mol. The van der Waals surface area contributed by atoms with E-state index in [9.17, 15) is 4.79 Å². The van der Waals surface area contributed by atoms with Crippen molar-refractivity contribution < 1.29 is 9.53 Å². The Bertz CT molecular complexity index is 915. The zero-order valence-corrected chi connectivity index (χ0v) is 18.8. The highest BCUT2D eigenvalue weighted by Gasteiger charge is 2.31. The topological polar surface area (TPSA) is 66.5 Å². The van der Waals surface area contributed by atoms with Gasteiger partial charge in [-0.1, -0.05) is 18.2 Å². The largest absolute Gasteiger partial charge is 0.492 e. The van der Waals surface area contributed by atoms with Crippen molar-refractivity contribution in [2.45, 2.75) is 56.5 Å². The summed E-state index contributed by atoms with van der Waals surface area (Å²) in [5.74, 6) is 2.20. The number of piperidine rings is 1. The second kappa shape index (κ2) is 10.0. The van der Waals surface area contributed by atoms with E-state index in [1.165, 1.54) is 29.5 Å². The predicted octanol–water partition coefficient (Wildman–Crippen LogP) is 3.20. The number of nitrogens with zero attached hydrogens (tertiary/aromatic N) is 2. The van der Waals surface area contributed by atoms with Gasteiger partial charge in [-0.3, -0.25) is 14.7 Å². The zero-order chi connectivity index (χ0) is 21.8. The molecule has 3 aliphatic rings. The fraction of sp³-hybridized carbons (Fsp3) is 0.538. The molecule has 6 nitrogen and oxygen atoms in total. The maximum atomic E-state index is 12.8. The molecule has 0 radical (unpaired) electrons. The molecule has 170 valence electrons. The van der Waals surface area contributed by atoms with Crippen LogP contribution in [0.25, 0.3) is 0 Å². The summed E-state index contributed by atoms with van der Waals surface area (Å²) in [5, 5.41) is 6.60. The summed E-state index contributed by atoms with van der Waals surface area (Å²) in [6, 6.07) is 10.8. The quantitative estimate of drug-likeness (QED) is 0.777. The molecule has 0 spiro atoms. The average Bonchev–Trinajstić information content (AvgIpc) is 3.67. The van der Waals surface area contributed by atoms with E-state index in [0.29, 0.717) is 25.0 Å². The van der Waals surface area contributed by atoms with Crippen molar-refractivity contribution in [3.63, 3.8) is 0 Å².